The number of rotatable bonds is 4. The molecule has 1 aliphatic heterocycles. The Morgan fingerprint density at radius 1 is 0.852 bits per heavy atom. The van der Waals surface area contributed by atoms with E-state index in [-0.39, 0.29) is 28.0 Å². The number of allylic oxidation sites excluding steroid dienone is 2. The van der Waals surface area contributed by atoms with Gasteiger partial charge in [0.05, 0.1) is 0 Å². The molecule has 0 unspecified atom stereocenters. The van der Waals surface area contributed by atoms with Crippen LogP contribution in [0.25, 0.3) is 0 Å². The Labute approximate surface area is 159 Å². The summed E-state index contributed by atoms with van der Waals surface area (Å²) in [6.07, 6.45) is 6.35. The fourth-order valence-corrected chi connectivity index (χ4v) is 5.94. The van der Waals surface area contributed by atoms with Crippen LogP contribution in [0.5, 0.6) is 0 Å². The van der Waals surface area contributed by atoms with Gasteiger partial charge in [0.2, 0.25) is 21.6 Å². The van der Waals surface area contributed by atoms with Gasteiger partial charge in [0.1, 0.15) is 5.70 Å². The van der Waals surface area contributed by atoms with Crippen LogP contribution >= 0.6 is 0 Å². The number of carbonyl (C=O) groups is 2. The average Bonchev–Trinajstić information content (AvgIpc) is 3.19. The molecule has 1 saturated heterocycles. The highest BCUT2D eigenvalue weighted by atomic mass is 32.2. The van der Waals surface area contributed by atoms with E-state index >= 15 is 0 Å². The van der Waals surface area contributed by atoms with Crippen molar-refractivity contribution in [2.45, 2.75) is 51.0 Å². The zero-order valence-electron chi connectivity index (χ0n) is 15.2. The minimum atomic E-state index is -4.08. The Kier molecular flexibility index (Phi) is 4.90. The largest absolute Gasteiger partial charge is 0.367 e. The Morgan fingerprint density at radius 3 is 2.07 bits per heavy atom. The second kappa shape index (κ2) is 7.20. The fourth-order valence-electron chi connectivity index (χ4n) is 4.32. The highest BCUT2D eigenvalue weighted by Crippen LogP contribution is 2.33. The Hall–Kier alpha value is -1.99. The Morgan fingerprint density at radius 2 is 1.44 bits per heavy atom. The van der Waals surface area contributed by atoms with Crippen molar-refractivity contribution in [3.63, 3.8) is 0 Å². The summed E-state index contributed by atoms with van der Waals surface area (Å²) in [5, 5.41) is 0. The number of hydrogen-bond acceptors (Lipinski definition) is 5. The highest BCUT2D eigenvalue weighted by Gasteiger charge is 2.42. The van der Waals surface area contributed by atoms with E-state index in [1.165, 1.54) is 6.07 Å². The van der Waals surface area contributed by atoms with E-state index in [1.807, 2.05) is 0 Å². The lowest BCUT2D eigenvalue weighted by Gasteiger charge is -2.29. The summed E-state index contributed by atoms with van der Waals surface area (Å²) in [6.45, 7) is 1.19. The van der Waals surface area contributed by atoms with Crippen molar-refractivity contribution in [2.75, 3.05) is 13.1 Å². The maximum Gasteiger partial charge on any atom is 0.246 e. The molecule has 1 aromatic carbocycles. The van der Waals surface area contributed by atoms with Crippen molar-refractivity contribution >= 4 is 21.6 Å². The van der Waals surface area contributed by atoms with Crippen molar-refractivity contribution in [3.05, 3.63) is 46.0 Å². The van der Waals surface area contributed by atoms with E-state index in [4.69, 9.17) is 0 Å². The predicted molar refractivity (Wildman–Crippen MR) is 102 cm³/mol. The fraction of sp³-hybridized carbons (Fsp3) is 0.500. The standard InChI is InChI=1S/C20H24N2O4S/c23-18-15-10-4-5-11-16(15)19(24)20(17(18)22-12-6-7-13-22)27(25,26)21-14-8-2-1-3-9-14/h4-5,10-11,14,21H,1-3,6-9,12-13H2. The van der Waals surface area contributed by atoms with Gasteiger partial charge in [0.25, 0.3) is 0 Å². The quantitative estimate of drug-likeness (QED) is 0.857. The number of ketones is 2. The molecule has 1 aromatic rings. The van der Waals surface area contributed by atoms with Gasteiger partial charge in [-0.1, -0.05) is 43.5 Å². The van der Waals surface area contributed by atoms with Gasteiger partial charge in [0, 0.05) is 30.3 Å². The van der Waals surface area contributed by atoms with Crippen molar-refractivity contribution in [2.24, 2.45) is 0 Å². The monoisotopic (exact) mass is 388 g/mol. The summed E-state index contributed by atoms with van der Waals surface area (Å²) in [7, 11) is -4.08. The normalized spacial score (nSPS) is 21.7. The highest BCUT2D eigenvalue weighted by molar-refractivity contribution is 7.94. The lowest BCUT2D eigenvalue weighted by molar-refractivity contribution is 0.0952. The third-order valence-electron chi connectivity index (χ3n) is 5.67. The van der Waals surface area contributed by atoms with Crippen LogP contribution in [0, 0.1) is 0 Å². The van der Waals surface area contributed by atoms with Crippen LogP contribution in [0.3, 0.4) is 0 Å². The van der Waals surface area contributed by atoms with E-state index < -0.39 is 15.8 Å². The second-order valence-corrected chi connectivity index (χ2v) is 9.18. The number of hydrogen-bond donors (Lipinski definition) is 1. The third-order valence-corrected chi connectivity index (χ3v) is 7.23. The molecule has 1 saturated carbocycles. The molecule has 4 rings (SSSR count). The van der Waals surface area contributed by atoms with Crippen LogP contribution in [-0.4, -0.2) is 44.0 Å². The van der Waals surface area contributed by atoms with E-state index in [0.29, 0.717) is 18.7 Å². The van der Waals surface area contributed by atoms with Gasteiger partial charge in [-0.15, -0.1) is 0 Å². The minimum absolute atomic E-state index is 0.0551. The number of Topliss-reactive ketones (excluding diaryl/α,β-unsaturated/α-hetero) is 2. The van der Waals surface area contributed by atoms with Crippen LogP contribution in [0.4, 0.5) is 0 Å². The second-order valence-electron chi connectivity index (χ2n) is 7.53. The molecule has 1 heterocycles. The zero-order valence-corrected chi connectivity index (χ0v) is 16.1. The maximum absolute atomic E-state index is 13.2. The molecule has 3 aliphatic rings. The lowest BCUT2D eigenvalue weighted by atomic mass is 9.92. The Bertz CT molecular complexity index is 908. The molecule has 1 N–H and O–H groups in total. The first-order valence-electron chi connectivity index (χ1n) is 9.69. The molecular formula is C20H24N2O4S. The van der Waals surface area contributed by atoms with Crippen molar-refractivity contribution in [1.29, 1.82) is 0 Å². The molecule has 0 atom stereocenters. The summed E-state index contributed by atoms with van der Waals surface area (Å²) in [5.41, 5.74) is 0.523. The number of fused-ring (bicyclic) bond motifs is 1. The zero-order chi connectivity index (χ0) is 19.0. The maximum atomic E-state index is 13.2. The number of likely N-dealkylation sites (tertiary alicyclic amines) is 1. The SMILES string of the molecule is O=C1C(N2CCCC2)=C(S(=O)(=O)NC2CCCCC2)C(=O)c2ccccc21. The number of nitrogens with zero attached hydrogens (tertiary/aromatic N) is 1. The number of benzene rings is 1. The number of nitrogens with one attached hydrogen (secondary N) is 1. The van der Waals surface area contributed by atoms with Crippen LogP contribution in [0.1, 0.15) is 65.7 Å². The third kappa shape index (κ3) is 3.34. The average molecular weight is 388 g/mol. The van der Waals surface area contributed by atoms with Gasteiger partial charge in [-0.05, 0) is 25.7 Å². The molecule has 7 heteroatoms. The summed E-state index contributed by atoms with van der Waals surface area (Å²) in [6, 6.07) is 6.32. The number of sulfonamides is 1. The van der Waals surface area contributed by atoms with Crippen LogP contribution < -0.4 is 4.72 Å². The molecule has 27 heavy (non-hydrogen) atoms. The summed E-state index contributed by atoms with van der Waals surface area (Å²) < 4.78 is 29.2. The molecule has 0 spiro atoms. The van der Waals surface area contributed by atoms with Crippen molar-refractivity contribution < 1.29 is 18.0 Å². The molecule has 0 radical (unpaired) electrons. The van der Waals surface area contributed by atoms with Crippen LogP contribution in [-0.2, 0) is 10.0 Å². The first-order valence-corrected chi connectivity index (χ1v) is 11.2. The molecule has 6 nitrogen and oxygen atoms in total. The lowest BCUT2D eigenvalue weighted by Crippen LogP contribution is -2.42. The first-order chi connectivity index (χ1) is 13.0. The summed E-state index contributed by atoms with van der Waals surface area (Å²) in [5.74, 6) is -0.938. The van der Waals surface area contributed by atoms with E-state index in [0.717, 1.165) is 44.9 Å². The topological polar surface area (TPSA) is 83.6 Å². The smallest absolute Gasteiger partial charge is 0.246 e. The van der Waals surface area contributed by atoms with Gasteiger partial charge in [-0.3, -0.25) is 9.59 Å². The van der Waals surface area contributed by atoms with Crippen molar-refractivity contribution in [3.8, 4) is 0 Å². The number of carbonyl (C=O) groups excluding carboxylic acids is 2. The summed E-state index contributed by atoms with van der Waals surface area (Å²) in [4.78, 5) is 27.7. The van der Waals surface area contributed by atoms with Gasteiger partial charge in [0.15, 0.2) is 4.91 Å². The van der Waals surface area contributed by atoms with Crippen LogP contribution in [0.2, 0.25) is 0 Å². The van der Waals surface area contributed by atoms with E-state index in [9.17, 15) is 18.0 Å². The molecule has 0 bridgehead atoms. The predicted octanol–water partition coefficient (Wildman–Crippen LogP) is 2.63. The molecule has 144 valence electrons. The molecule has 0 amide bonds. The van der Waals surface area contributed by atoms with E-state index in [1.54, 1.807) is 23.1 Å². The van der Waals surface area contributed by atoms with Crippen LogP contribution in [0.15, 0.2) is 34.9 Å². The van der Waals surface area contributed by atoms with Gasteiger partial charge in [-0.25, -0.2) is 13.1 Å². The van der Waals surface area contributed by atoms with E-state index in [2.05, 4.69) is 4.72 Å². The first kappa shape index (κ1) is 18.4. The Balaban J connectivity index is 1.81. The van der Waals surface area contributed by atoms with Gasteiger partial charge >= 0.3 is 0 Å². The van der Waals surface area contributed by atoms with Gasteiger partial charge < -0.3 is 4.90 Å². The van der Waals surface area contributed by atoms with Gasteiger partial charge in [-0.2, -0.15) is 0 Å². The molecule has 2 aliphatic carbocycles. The summed E-state index contributed by atoms with van der Waals surface area (Å²) >= 11 is 0. The molecular weight excluding hydrogens is 364 g/mol. The minimum Gasteiger partial charge on any atom is -0.367 e. The molecule has 0 aromatic heterocycles. The molecule has 2 fully saturated rings. The van der Waals surface area contributed by atoms with Crippen molar-refractivity contribution in [1.82, 2.24) is 9.62 Å².